The van der Waals surface area contributed by atoms with Crippen LogP contribution in [0.15, 0.2) is 54.7 Å². The number of hydrogen-bond acceptors (Lipinski definition) is 5. The predicted molar refractivity (Wildman–Crippen MR) is 131 cm³/mol. The van der Waals surface area contributed by atoms with E-state index in [1.165, 1.54) is 15.0 Å². The summed E-state index contributed by atoms with van der Waals surface area (Å²) in [7, 11) is 1.72. The van der Waals surface area contributed by atoms with E-state index in [4.69, 9.17) is 9.47 Å². The molecule has 4 aromatic rings. The Bertz CT molecular complexity index is 1200. The highest BCUT2D eigenvalue weighted by Crippen LogP contribution is 2.39. The zero-order valence-corrected chi connectivity index (χ0v) is 19.4. The van der Waals surface area contributed by atoms with E-state index >= 15 is 0 Å². The van der Waals surface area contributed by atoms with Crippen molar-refractivity contribution in [2.24, 2.45) is 0 Å². The highest BCUT2D eigenvalue weighted by atomic mass is 32.1. The second kappa shape index (κ2) is 9.14. The van der Waals surface area contributed by atoms with E-state index in [0.29, 0.717) is 25.1 Å². The number of β-amino-alcohol motifs (C(OH)–C–C–N with tert-alkyl or cyclic N) is 1. The lowest BCUT2D eigenvalue weighted by Crippen LogP contribution is -2.45. The number of hydrogen-bond donors (Lipinski definition) is 2. The summed E-state index contributed by atoms with van der Waals surface area (Å²) < 4.78 is 12.6. The summed E-state index contributed by atoms with van der Waals surface area (Å²) in [6.45, 7) is 4.21. The fourth-order valence-corrected chi connectivity index (χ4v) is 6.04. The molecule has 0 saturated carbocycles. The van der Waals surface area contributed by atoms with Crippen LogP contribution in [0.5, 0.6) is 11.5 Å². The van der Waals surface area contributed by atoms with Crippen LogP contribution in [0.25, 0.3) is 21.0 Å². The first-order valence-corrected chi connectivity index (χ1v) is 12.1. The second-order valence-corrected chi connectivity index (χ2v) is 9.89. The normalized spacial score (nSPS) is 20.6. The standard InChI is InChI=1S/C26H30N2O3S/c1-17-12-19(25-13-18-6-7-21(30-2)14-26(18)32-25)9-11-28(17)15-20(29)16-31-24-5-3-4-23-22(24)8-10-27-23/h3-8,10,13-14,17,19-20,27,29H,9,11-12,15-16H2,1-2H3/t17-,19-,20-/m0/s1. The van der Waals surface area contributed by atoms with Crippen molar-refractivity contribution in [1.29, 1.82) is 0 Å². The molecule has 5 nitrogen and oxygen atoms in total. The van der Waals surface area contributed by atoms with Gasteiger partial charge >= 0.3 is 0 Å². The Hall–Kier alpha value is -2.54. The minimum atomic E-state index is -0.514. The van der Waals surface area contributed by atoms with Gasteiger partial charge in [0.25, 0.3) is 0 Å². The van der Waals surface area contributed by atoms with Crippen molar-refractivity contribution in [3.8, 4) is 11.5 Å². The quantitative estimate of drug-likeness (QED) is 0.396. The summed E-state index contributed by atoms with van der Waals surface area (Å²) in [5, 5.41) is 13.0. The maximum atomic E-state index is 10.6. The smallest absolute Gasteiger partial charge is 0.128 e. The zero-order chi connectivity index (χ0) is 22.1. The van der Waals surface area contributed by atoms with Gasteiger partial charge in [-0.2, -0.15) is 0 Å². The molecule has 2 aromatic heterocycles. The predicted octanol–water partition coefficient (Wildman–Crippen LogP) is 5.40. The van der Waals surface area contributed by atoms with E-state index < -0.39 is 6.10 Å². The number of aromatic amines is 1. The average Bonchev–Trinajstić information content (AvgIpc) is 3.45. The molecule has 1 aliphatic heterocycles. The topological polar surface area (TPSA) is 57.7 Å². The van der Waals surface area contributed by atoms with Gasteiger partial charge in [-0.1, -0.05) is 6.07 Å². The van der Waals surface area contributed by atoms with Crippen LogP contribution < -0.4 is 9.47 Å². The lowest BCUT2D eigenvalue weighted by molar-refractivity contribution is 0.0408. The molecule has 1 fully saturated rings. The summed E-state index contributed by atoms with van der Waals surface area (Å²) in [5.41, 5.74) is 1.05. The Morgan fingerprint density at radius 2 is 2.12 bits per heavy atom. The lowest BCUT2D eigenvalue weighted by Gasteiger charge is -2.38. The minimum Gasteiger partial charge on any atom is -0.497 e. The summed E-state index contributed by atoms with van der Waals surface area (Å²) in [6.07, 6.45) is 3.62. The van der Waals surface area contributed by atoms with Crippen LogP contribution in [0, 0.1) is 0 Å². The Kier molecular flexibility index (Phi) is 6.09. The molecule has 0 bridgehead atoms. The average molecular weight is 451 g/mol. The van der Waals surface area contributed by atoms with Crippen LogP contribution in [-0.4, -0.2) is 53.9 Å². The molecule has 0 amide bonds. The van der Waals surface area contributed by atoms with E-state index in [1.54, 1.807) is 7.11 Å². The molecular weight excluding hydrogens is 420 g/mol. The van der Waals surface area contributed by atoms with Crippen molar-refractivity contribution in [3.05, 3.63) is 59.6 Å². The van der Waals surface area contributed by atoms with Gasteiger partial charge in [-0.3, -0.25) is 4.90 Å². The molecule has 32 heavy (non-hydrogen) atoms. The van der Waals surface area contributed by atoms with Gasteiger partial charge in [-0.25, -0.2) is 0 Å². The highest BCUT2D eigenvalue weighted by Gasteiger charge is 2.29. The third-order valence-corrected chi connectivity index (χ3v) is 7.85. The van der Waals surface area contributed by atoms with Gasteiger partial charge in [-0.05, 0) is 80.1 Å². The number of thiophene rings is 1. The number of ether oxygens (including phenoxy) is 2. The number of fused-ring (bicyclic) bond motifs is 2. The van der Waals surface area contributed by atoms with E-state index in [1.807, 2.05) is 47.9 Å². The Balaban J connectivity index is 1.17. The van der Waals surface area contributed by atoms with Gasteiger partial charge < -0.3 is 19.6 Å². The van der Waals surface area contributed by atoms with Gasteiger partial charge in [0.15, 0.2) is 0 Å². The number of aliphatic hydroxyl groups is 1. The van der Waals surface area contributed by atoms with Crippen LogP contribution in [0.1, 0.15) is 30.6 Å². The zero-order valence-electron chi connectivity index (χ0n) is 18.6. The fraction of sp³-hybridized carbons (Fsp3) is 0.385. The number of piperidine rings is 1. The first-order valence-electron chi connectivity index (χ1n) is 11.3. The number of methoxy groups -OCH3 is 1. The van der Waals surface area contributed by atoms with Crippen molar-refractivity contribution >= 4 is 32.3 Å². The summed E-state index contributed by atoms with van der Waals surface area (Å²) >= 11 is 1.89. The number of nitrogens with zero attached hydrogens (tertiary/aromatic N) is 1. The van der Waals surface area contributed by atoms with E-state index in [9.17, 15) is 5.11 Å². The summed E-state index contributed by atoms with van der Waals surface area (Å²) in [6, 6.07) is 17.0. The Morgan fingerprint density at radius 3 is 2.97 bits per heavy atom. The fourth-order valence-electron chi connectivity index (χ4n) is 4.80. The van der Waals surface area contributed by atoms with Crippen molar-refractivity contribution < 1.29 is 14.6 Å². The molecule has 2 N–H and O–H groups in total. The van der Waals surface area contributed by atoms with Gasteiger partial charge in [0, 0.05) is 39.3 Å². The molecule has 3 heterocycles. The van der Waals surface area contributed by atoms with Gasteiger partial charge in [0.05, 0.1) is 7.11 Å². The van der Waals surface area contributed by atoms with E-state index in [2.05, 4.69) is 35.0 Å². The maximum Gasteiger partial charge on any atom is 0.128 e. The van der Waals surface area contributed by atoms with Crippen molar-refractivity contribution in [3.63, 3.8) is 0 Å². The highest BCUT2D eigenvalue weighted by molar-refractivity contribution is 7.19. The van der Waals surface area contributed by atoms with E-state index in [-0.39, 0.29) is 0 Å². The largest absolute Gasteiger partial charge is 0.497 e. The second-order valence-electron chi connectivity index (χ2n) is 8.78. The third-order valence-electron chi connectivity index (χ3n) is 6.59. The van der Waals surface area contributed by atoms with E-state index in [0.717, 1.165) is 41.8 Å². The van der Waals surface area contributed by atoms with Crippen LogP contribution >= 0.6 is 11.3 Å². The SMILES string of the molecule is COc1ccc2cc([C@H]3CCN(C[C@H](O)COc4cccc5[nH]ccc45)[C@@H](C)C3)sc2c1. The minimum absolute atomic E-state index is 0.301. The molecule has 168 valence electrons. The molecule has 6 heteroatoms. The molecule has 1 saturated heterocycles. The number of rotatable bonds is 7. The molecule has 2 aromatic carbocycles. The molecule has 0 unspecified atom stereocenters. The Morgan fingerprint density at radius 1 is 1.22 bits per heavy atom. The van der Waals surface area contributed by atoms with Gasteiger partial charge in [0.1, 0.15) is 24.2 Å². The van der Waals surface area contributed by atoms with Crippen LogP contribution in [0.3, 0.4) is 0 Å². The summed E-state index contributed by atoms with van der Waals surface area (Å²) in [4.78, 5) is 7.06. The van der Waals surface area contributed by atoms with Crippen molar-refractivity contribution in [2.45, 2.75) is 37.8 Å². The number of likely N-dealkylation sites (tertiary alicyclic amines) is 1. The Labute approximate surface area is 192 Å². The van der Waals surface area contributed by atoms with Crippen LogP contribution in [-0.2, 0) is 0 Å². The molecule has 0 radical (unpaired) electrons. The number of benzene rings is 2. The van der Waals surface area contributed by atoms with Crippen molar-refractivity contribution in [2.75, 3.05) is 26.8 Å². The maximum absolute atomic E-state index is 10.6. The first kappa shape index (κ1) is 21.3. The number of aliphatic hydroxyl groups excluding tert-OH is 1. The van der Waals surface area contributed by atoms with Gasteiger partial charge in [0.2, 0.25) is 0 Å². The monoisotopic (exact) mass is 450 g/mol. The molecule has 0 aliphatic carbocycles. The van der Waals surface area contributed by atoms with Crippen LogP contribution in [0.4, 0.5) is 0 Å². The lowest BCUT2D eigenvalue weighted by atomic mass is 9.90. The van der Waals surface area contributed by atoms with Gasteiger partial charge in [-0.15, -0.1) is 11.3 Å². The number of H-pyrrole nitrogens is 1. The molecule has 0 spiro atoms. The molecular formula is C26H30N2O3S. The third kappa shape index (κ3) is 4.35. The number of aromatic nitrogens is 1. The first-order chi connectivity index (χ1) is 15.6. The molecule has 5 rings (SSSR count). The molecule has 1 aliphatic rings. The summed E-state index contributed by atoms with van der Waals surface area (Å²) in [5.74, 6) is 2.30. The molecule has 3 atom stereocenters. The van der Waals surface area contributed by atoms with Crippen molar-refractivity contribution in [1.82, 2.24) is 9.88 Å². The number of nitrogens with one attached hydrogen (secondary N) is 1. The van der Waals surface area contributed by atoms with Crippen LogP contribution in [0.2, 0.25) is 0 Å².